The number of benzene rings is 1. The zero-order valence-electron chi connectivity index (χ0n) is 10.6. The van der Waals surface area contributed by atoms with Gasteiger partial charge in [0.05, 0.1) is 0 Å². The number of nitrogens with zero attached hydrogens (tertiary/aromatic N) is 2. The van der Waals surface area contributed by atoms with E-state index in [9.17, 15) is 12.8 Å². The van der Waals surface area contributed by atoms with E-state index in [1.807, 2.05) is 0 Å². The van der Waals surface area contributed by atoms with E-state index in [0.717, 1.165) is 6.07 Å². The van der Waals surface area contributed by atoms with Crippen LogP contribution in [0.1, 0.15) is 5.56 Å². The summed E-state index contributed by atoms with van der Waals surface area (Å²) < 4.78 is 39.8. The first-order chi connectivity index (χ1) is 9.94. The van der Waals surface area contributed by atoms with Gasteiger partial charge in [-0.15, -0.1) is 0 Å². The Hall–Kier alpha value is -2.68. The first-order valence-corrected chi connectivity index (χ1v) is 7.13. The molecular formula is C12H11FN4O3S. The molecular weight excluding hydrogens is 299 g/mol. The summed E-state index contributed by atoms with van der Waals surface area (Å²) in [5.41, 5.74) is 5.85. The van der Waals surface area contributed by atoms with Gasteiger partial charge < -0.3 is 10.9 Å². The number of nitrogens with one attached hydrogen (secondary N) is 1. The molecule has 1 heterocycles. The average Bonchev–Trinajstić information content (AvgIpc) is 2.46. The van der Waals surface area contributed by atoms with Crippen LogP contribution in [0, 0.1) is 5.82 Å². The maximum absolute atomic E-state index is 13.5. The monoisotopic (exact) mass is 310 g/mol. The Bertz CT molecular complexity index is 793. The van der Waals surface area contributed by atoms with E-state index < -0.39 is 20.9 Å². The fraction of sp³-hybridized carbons (Fsp3) is 0. The van der Waals surface area contributed by atoms with Crippen LogP contribution in [0.5, 0.6) is 0 Å². The van der Waals surface area contributed by atoms with Gasteiger partial charge >= 0.3 is 0 Å². The third kappa shape index (κ3) is 3.26. The van der Waals surface area contributed by atoms with Gasteiger partial charge in [-0.3, -0.25) is 4.72 Å². The lowest BCUT2D eigenvalue weighted by molar-refractivity contribution is 0.318. The Morgan fingerprint density at radius 2 is 2.10 bits per heavy atom. The molecule has 7 nitrogen and oxygen atoms in total. The van der Waals surface area contributed by atoms with Crippen LogP contribution in [0.15, 0.2) is 52.8 Å². The molecule has 0 amide bonds. The van der Waals surface area contributed by atoms with Gasteiger partial charge in [0.15, 0.2) is 11.7 Å². The first kappa shape index (κ1) is 14.7. The summed E-state index contributed by atoms with van der Waals surface area (Å²) in [7, 11) is -4.17. The topological polar surface area (TPSA) is 118 Å². The van der Waals surface area contributed by atoms with Crippen molar-refractivity contribution in [3.8, 4) is 0 Å². The van der Waals surface area contributed by atoms with Crippen molar-refractivity contribution in [2.75, 3.05) is 4.72 Å². The number of amidine groups is 1. The molecule has 1 aromatic heterocycles. The van der Waals surface area contributed by atoms with Crippen LogP contribution in [0.3, 0.4) is 0 Å². The van der Waals surface area contributed by atoms with E-state index in [0.29, 0.717) is 5.56 Å². The number of halogens is 1. The Kier molecular flexibility index (Phi) is 4.03. The van der Waals surface area contributed by atoms with E-state index in [-0.39, 0.29) is 11.5 Å². The first-order valence-electron chi connectivity index (χ1n) is 5.65. The number of nitrogens with two attached hydrogens (primary N) is 1. The molecule has 0 radical (unpaired) electrons. The highest BCUT2D eigenvalue weighted by Gasteiger charge is 2.20. The number of hydrogen-bond acceptors (Lipinski definition) is 5. The molecule has 9 heteroatoms. The number of hydrogen-bond donors (Lipinski definition) is 3. The van der Waals surface area contributed by atoms with Gasteiger partial charge in [-0.1, -0.05) is 17.3 Å². The number of oxime groups is 1. The van der Waals surface area contributed by atoms with Crippen molar-refractivity contribution < 1.29 is 18.0 Å². The molecule has 0 fully saturated rings. The minimum absolute atomic E-state index is 0.129. The fourth-order valence-corrected chi connectivity index (χ4v) is 2.63. The van der Waals surface area contributed by atoms with E-state index in [4.69, 9.17) is 10.9 Å². The lowest BCUT2D eigenvalue weighted by atomic mass is 10.2. The second-order valence-electron chi connectivity index (χ2n) is 3.96. The molecule has 0 aliphatic heterocycles. The minimum atomic E-state index is -4.17. The largest absolute Gasteiger partial charge is 0.409 e. The molecule has 21 heavy (non-hydrogen) atoms. The summed E-state index contributed by atoms with van der Waals surface area (Å²) >= 11 is 0. The third-order valence-electron chi connectivity index (χ3n) is 2.50. The van der Waals surface area contributed by atoms with Crippen molar-refractivity contribution in [1.82, 2.24) is 4.98 Å². The summed E-state index contributed by atoms with van der Waals surface area (Å²) in [4.78, 5) is 3.51. The van der Waals surface area contributed by atoms with Gasteiger partial charge in [-0.05, 0) is 24.3 Å². The number of anilines is 1. The Morgan fingerprint density at radius 3 is 2.76 bits per heavy atom. The van der Waals surface area contributed by atoms with E-state index >= 15 is 0 Å². The van der Waals surface area contributed by atoms with Crippen molar-refractivity contribution in [2.24, 2.45) is 10.9 Å². The van der Waals surface area contributed by atoms with Crippen LogP contribution in [-0.4, -0.2) is 24.4 Å². The summed E-state index contributed by atoms with van der Waals surface area (Å²) in [6, 6.07) is 8.08. The van der Waals surface area contributed by atoms with Gasteiger partial charge in [-0.2, -0.15) is 8.42 Å². The van der Waals surface area contributed by atoms with Crippen molar-refractivity contribution in [3.63, 3.8) is 0 Å². The molecule has 0 saturated heterocycles. The molecule has 0 spiro atoms. The summed E-state index contributed by atoms with van der Waals surface area (Å²) in [6.45, 7) is 0. The van der Waals surface area contributed by atoms with Crippen LogP contribution >= 0.6 is 0 Å². The number of pyridine rings is 1. The summed E-state index contributed by atoms with van der Waals surface area (Å²) in [5.74, 6) is -1.14. The van der Waals surface area contributed by atoms with Crippen molar-refractivity contribution in [2.45, 2.75) is 5.03 Å². The molecule has 0 unspecified atom stereocenters. The lowest BCUT2D eigenvalue weighted by Gasteiger charge is -2.09. The highest BCUT2D eigenvalue weighted by molar-refractivity contribution is 7.92. The lowest BCUT2D eigenvalue weighted by Crippen LogP contribution is -2.17. The molecule has 4 N–H and O–H groups in total. The van der Waals surface area contributed by atoms with Gasteiger partial charge in [0.2, 0.25) is 5.03 Å². The van der Waals surface area contributed by atoms with E-state index in [1.165, 1.54) is 36.5 Å². The number of sulfonamides is 1. The fourth-order valence-electron chi connectivity index (χ4n) is 1.57. The Balaban J connectivity index is 2.36. The highest BCUT2D eigenvalue weighted by atomic mass is 32.2. The SMILES string of the molecule is N/C(=N/O)c1cccc(NS(=O)(=O)c2ncccc2F)c1. The van der Waals surface area contributed by atoms with Crippen LogP contribution in [0.25, 0.3) is 0 Å². The third-order valence-corrected chi connectivity index (χ3v) is 3.81. The summed E-state index contributed by atoms with van der Waals surface area (Å²) in [5, 5.41) is 10.7. The Morgan fingerprint density at radius 1 is 1.33 bits per heavy atom. The molecule has 2 rings (SSSR count). The molecule has 1 aromatic carbocycles. The number of aromatic nitrogens is 1. The molecule has 2 aromatic rings. The molecule has 0 atom stereocenters. The van der Waals surface area contributed by atoms with Gasteiger partial charge in [0.1, 0.15) is 0 Å². The minimum Gasteiger partial charge on any atom is -0.409 e. The van der Waals surface area contributed by atoms with E-state index in [1.54, 1.807) is 0 Å². The quantitative estimate of drug-likeness (QED) is 0.338. The number of rotatable bonds is 4. The van der Waals surface area contributed by atoms with Crippen LogP contribution in [0.2, 0.25) is 0 Å². The maximum Gasteiger partial charge on any atom is 0.282 e. The van der Waals surface area contributed by atoms with Crippen molar-refractivity contribution >= 4 is 21.5 Å². The molecule has 0 aliphatic carbocycles. The smallest absolute Gasteiger partial charge is 0.282 e. The summed E-state index contributed by atoms with van der Waals surface area (Å²) in [6.07, 6.45) is 1.17. The van der Waals surface area contributed by atoms with Gasteiger partial charge in [0.25, 0.3) is 10.0 Å². The zero-order chi connectivity index (χ0) is 15.5. The van der Waals surface area contributed by atoms with Gasteiger partial charge in [0, 0.05) is 17.4 Å². The highest BCUT2D eigenvalue weighted by Crippen LogP contribution is 2.17. The van der Waals surface area contributed by atoms with Crippen LogP contribution in [-0.2, 0) is 10.0 Å². The van der Waals surface area contributed by atoms with Crippen molar-refractivity contribution in [1.29, 1.82) is 0 Å². The molecule has 0 bridgehead atoms. The van der Waals surface area contributed by atoms with Crippen LogP contribution < -0.4 is 10.5 Å². The standard InChI is InChI=1S/C12H11FN4O3S/c13-10-5-2-6-15-12(10)21(19,20)17-9-4-1-3-8(7-9)11(14)16-18/h1-7,17-18H,(H2,14,16). The molecule has 0 saturated carbocycles. The normalized spacial score (nSPS) is 12.1. The maximum atomic E-state index is 13.5. The Labute approximate surface area is 120 Å². The van der Waals surface area contributed by atoms with Crippen molar-refractivity contribution in [3.05, 3.63) is 54.0 Å². The zero-order valence-corrected chi connectivity index (χ0v) is 11.4. The van der Waals surface area contributed by atoms with E-state index in [2.05, 4.69) is 14.9 Å². The average molecular weight is 310 g/mol. The second kappa shape index (κ2) is 5.75. The second-order valence-corrected chi connectivity index (χ2v) is 5.56. The predicted octanol–water partition coefficient (Wildman–Crippen LogP) is 1.12. The van der Waals surface area contributed by atoms with Gasteiger partial charge in [-0.25, -0.2) is 9.37 Å². The molecule has 0 aliphatic rings. The molecule has 110 valence electrons. The van der Waals surface area contributed by atoms with Crippen LogP contribution in [0.4, 0.5) is 10.1 Å². The predicted molar refractivity (Wildman–Crippen MR) is 74.0 cm³/mol.